The van der Waals surface area contributed by atoms with Crippen LogP contribution in [0.15, 0.2) is 17.6 Å². The van der Waals surface area contributed by atoms with Crippen molar-refractivity contribution in [3.8, 4) is 0 Å². The van der Waals surface area contributed by atoms with E-state index in [2.05, 4.69) is 50.1 Å². The highest BCUT2D eigenvalue weighted by molar-refractivity contribution is 7.12. The van der Waals surface area contributed by atoms with Crippen LogP contribution in [0.5, 0.6) is 0 Å². The maximum Gasteiger partial charge on any atom is 0.0798 e. The highest BCUT2D eigenvalue weighted by Gasteiger charge is 2.15. The van der Waals surface area contributed by atoms with Gasteiger partial charge in [0.05, 0.1) is 11.2 Å². The first-order valence-electron chi connectivity index (χ1n) is 6.15. The molecule has 2 heterocycles. The zero-order valence-corrected chi connectivity index (χ0v) is 13.0. The number of hydrogen-bond acceptors (Lipinski definition) is 4. The minimum absolute atomic E-state index is 0.261. The Kier molecular flexibility index (Phi) is 4.20. The Labute approximate surface area is 117 Å². The number of rotatable bonds is 4. The third-order valence-corrected chi connectivity index (χ3v) is 5.28. The van der Waals surface area contributed by atoms with Crippen molar-refractivity contribution in [1.29, 1.82) is 0 Å². The molecule has 0 saturated carbocycles. The first-order chi connectivity index (χ1) is 8.47. The molecule has 0 bridgehead atoms. The lowest BCUT2D eigenvalue weighted by atomic mass is 9.95. The summed E-state index contributed by atoms with van der Waals surface area (Å²) >= 11 is 3.63. The van der Waals surface area contributed by atoms with E-state index in [1.807, 2.05) is 16.8 Å². The molecule has 0 saturated heterocycles. The molecule has 0 aliphatic carbocycles. The van der Waals surface area contributed by atoms with Gasteiger partial charge in [-0.15, -0.1) is 22.7 Å². The Hall–Kier alpha value is -0.710. The molecule has 0 atom stereocenters. The SMILES string of the molecule is Cc1ncsc1CNCc1ccc(C(C)(C)C)s1. The molecule has 0 aliphatic rings. The van der Waals surface area contributed by atoms with E-state index >= 15 is 0 Å². The fourth-order valence-corrected chi connectivity index (χ4v) is 3.45. The third-order valence-electron chi connectivity index (χ3n) is 2.83. The summed E-state index contributed by atoms with van der Waals surface area (Å²) < 4.78 is 0. The molecular weight excluding hydrogens is 260 g/mol. The predicted octanol–water partition coefficient (Wildman–Crippen LogP) is 4.10. The maximum atomic E-state index is 4.26. The van der Waals surface area contributed by atoms with Gasteiger partial charge >= 0.3 is 0 Å². The summed E-state index contributed by atoms with van der Waals surface area (Å²) in [6.07, 6.45) is 0. The van der Waals surface area contributed by atoms with Gasteiger partial charge in [0.25, 0.3) is 0 Å². The molecule has 0 unspecified atom stereocenters. The summed E-state index contributed by atoms with van der Waals surface area (Å²) in [6.45, 7) is 10.7. The molecule has 0 fully saturated rings. The van der Waals surface area contributed by atoms with Gasteiger partial charge in [0.15, 0.2) is 0 Å². The van der Waals surface area contributed by atoms with Crippen LogP contribution in [0.25, 0.3) is 0 Å². The van der Waals surface area contributed by atoms with Crippen LogP contribution in [0.4, 0.5) is 0 Å². The van der Waals surface area contributed by atoms with Gasteiger partial charge in [-0.1, -0.05) is 20.8 Å². The van der Waals surface area contributed by atoms with E-state index in [0.29, 0.717) is 0 Å². The average Bonchev–Trinajstić information content (AvgIpc) is 2.88. The monoisotopic (exact) mass is 280 g/mol. The van der Waals surface area contributed by atoms with Crippen LogP contribution in [-0.2, 0) is 18.5 Å². The van der Waals surface area contributed by atoms with Crippen LogP contribution in [0.3, 0.4) is 0 Å². The molecule has 0 radical (unpaired) electrons. The van der Waals surface area contributed by atoms with Crippen molar-refractivity contribution in [2.45, 2.75) is 46.2 Å². The molecule has 0 aliphatic heterocycles. The van der Waals surface area contributed by atoms with Crippen molar-refractivity contribution in [2.75, 3.05) is 0 Å². The van der Waals surface area contributed by atoms with Crippen molar-refractivity contribution >= 4 is 22.7 Å². The van der Waals surface area contributed by atoms with Crippen molar-refractivity contribution < 1.29 is 0 Å². The summed E-state index contributed by atoms with van der Waals surface area (Å²) in [5.74, 6) is 0. The lowest BCUT2D eigenvalue weighted by Gasteiger charge is -2.15. The first-order valence-corrected chi connectivity index (χ1v) is 7.85. The quantitative estimate of drug-likeness (QED) is 0.912. The Morgan fingerprint density at radius 1 is 1.22 bits per heavy atom. The molecule has 2 aromatic heterocycles. The van der Waals surface area contributed by atoms with Crippen molar-refractivity contribution in [3.05, 3.63) is 38.0 Å². The minimum atomic E-state index is 0.261. The third kappa shape index (κ3) is 3.40. The van der Waals surface area contributed by atoms with Gasteiger partial charge in [-0.2, -0.15) is 0 Å². The van der Waals surface area contributed by atoms with E-state index in [1.54, 1.807) is 11.3 Å². The fourth-order valence-electron chi connectivity index (χ4n) is 1.67. The van der Waals surface area contributed by atoms with Gasteiger partial charge in [0, 0.05) is 27.7 Å². The van der Waals surface area contributed by atoms with Crippen molar-refractivity contribution in [2.24, 2.45) is 0 Å². The van der Waals surface area contributed by atoms with Gasteiger partial charge in [-0.3, -0.25) is 0 Å². The number of thiophene rings is 1. The molecule has 0 amide bonds. The van der Waals surface area contributed by atoms with E-state index in [1.165, 1.54) is 14.6 Å². The van der Waals surface area contributed by atoms with Crippen molar-refractivity contribution in [1.82, 2.24) is 10.3 Å². The number of thiazole rings is 1. The summed E-state index contributed by atoms with van der Waals surface area (Å²) in [4.78, 5) is 8.45. The molecule has 2 aromatic rings. The number of aryl methyl sites for hydroxylation is 1. The Morgan fingerprint density at radius 2 is 2.00 bits per heavy atom. The molecule has 1 N–H and O–H groups in total. The highest BCUT2D eigenvalue weighted by atomic mass is 32.1. The normalized spacial score (nSPS) is 12.0. The van der Waals surface area contributed by atoms with E-state index < -0.39 is 0 Å². The van der Waals surface area contributed by atoms with Crippen LogP contribution in [-0.4, -0.2) is 4.98 Å². The van der Waals surface area contributed by atoms with Gasteiger partial charge in [-0.25, -0.2) is 4.98 Å². The van der Waals surface area contributed by atoms with Gasteiger partial charge in [-0.05, 0) is 24.5 Å². The first kappa shape index (κ1) is 13.7. The highest BCUT2D eigenvalue weighted by Crippen LogP contribution is 2.29. The summed E-state index contributed by atoms with van der Waals surface area (Å²) in [6, 6.07) is 4.48. The summed E-state index contributed by atoms with van der Waals surface area (Å²) in [5, 5.41) is 3.49. The second kappa shape index (κ2) is 5.51. The maximum absolute atomic E-state index is 4.26. The van der Waals surface area contributed by atoms with Crippen LogP contribution in [0.2, 0.25) is 0 Å². The van der Waals surface area contributed by atoms with Crippen LogP contribution < -0.4 is 5.32 Å². The van der Waals surface area contributed by atoms with Crippen molar-refractivity contribution in [3.63, 3.8) is 0 Å². The average molecular weight is 280 g/mol. The molecular formula is C14H20N2S2. The smallest absolute Gasteiger partial charge is 0.0798 e. The molecule has 98 valence electrons. The Morgan fingerprint density at radius 3 is 2.56 bits per heavy atom. The van der Waals surface area contributed by atoms with Crippen LogP contribution in [0, 0.1) is 6.92 Å². The summed E-state index contributed by atoms with van der Waals surface area (Å²) in [7, 11) is 0. The number of hydrogen-bond donors (Lipinski definition) is 1. The Bertz CT molecular complexity index is 506. The topological polar surface area (TPSA) is 24.9 Å². The number of nitrogens with one attached hydrogen (secondary N) is 1. The summed E-state index contributed by atoms with van der Waals surface area (Å²) in [5.41, 5.74) is 3.32. The molecule has 2 nitrogen and oxygen atoms in total. The second-order valence-electron chi connectivity index (χ2n) is 5.48. The standard InChI is InChI=1S/C14H20N2S2/c1-10-12(17-9-16-10)8-15-7-11-5-6-13(18-11)14(2,3)4/h5-6,9,15H,7-8H2,1-4H3. The lowest BCUT2D eigenvalue weighted by molar-refractivity contribution is 0.604. The van der Waals surface area contributed by atoms with E-state index in [9.17, 15) is 0 Å². The van der Waals surface area contributed by atoms with Crippen LogP contribution in [0.1, 0.15) is 41.1 Å². The molecule has 4 heteroatoms. The largest absolute Gasteiger partial charge is 0.307 e. The van der Waals surface area contributed by atoms with E-state index in [4.69, 9.17) is 0 Å². The lowest BCUT2D eigenvalue weighted by Crippen LogP contribution is -2.11. The molecule has 2 rings (SSSR count). The number of aromatic nitrogens is 1. The van der Waals surface area contributed by atoms with Gasteiger partial charge < -0.3 is 5.32 Å². The number of nitrogens with zero attached hydrogens (tertiary/aromatic N) is 1. The molecule has 18 heavy (non-hydrogen) atoms. The van der Waals surface area contributed by atoms with Crippen LogP contribution >= 0.6 is 22.7 Å². The zero-order chi connectivity index (χ0) is 13.2. The van der Waals surface area contributed by atoms with E-state index in [0.717, 1.165) is 18.8 Å². The Balaban J connectivity index is 1.88. The zero-order valence-electron chi connectivity index (χ0n) is 11.4. The second-order valence-corrected chi connectivity index (χ2v) is 7.59. The molecule has 0 aromatic carbocycles. The molecule has 0 spiro atoms. The van der Waals surface area contributed by atoms with Gasteiger partial charge in [0.1, 0.15) is 0 Å². The minimum Gasteiger partial charge on any atom is -0.307 e. The predicted molar refractivity (Wildman–Crippen MR) is 80.4 cm³/mol. The van der Waals surface area contributed by atoms with Gasteiger partial charge in [0.2, 0.25) is 0 Å². The van der Waals surface area contributed by atoms with E-state index in [-0.39, 0.29) is 5.41 Å². The fraction of sp³-hybridized carbons (Fsp3) is 0.500.